The maximum Gasteiger partial charge on any atom is 0.254 e. The third-order valence-electron chi connectivity index (χ3n) is 6.04. The molecule has 0 spiro atoms. The van der Waals surface area contributed by atoms with Gasteiger partial charge in [-0.25, -0.2) is 0 Å². The van der Waals surface area contributed by atoms with E-state index in [1.807, 2.05) is 17.9 Å². The van der Waals surface area contributed by atoms with Crippen molar-refractivity contribution in [2.45, 2.75) is 39.5 Å². The number of benzene rings is 1. The van der Waals surface area contributed by atoms with Crippen LogP contribution in [0.1, 0.15) is 47.8 Å². The lowest BCUT2D eigenvalue weighted by Crippen LogP contribution is -2.50. The van der Waals surface area contributed by atoms with E-state index in [1.165, 1.54) is 31.4 Å². The lowest BCUT2D eigenvalue weighted by Gasteiger charge is -2.38. The van der Waals surface area contributed by atoms with Crippen LogP contribution in [0.15, 0.2) is 24.3 Å². The monoisotopic (exact) mass is 351 g/mol. The maximum absolute atomic E-state index is 13.2. The molecule has 1 aromatic carbocycles. The Labute approximate surface area is 156 Å². The van der Waals surface area contributed by atoms with Gasteiger partial charge in [-0.3, -0.25) is 14.7 Å². The fourth-order valence-electron chi connectivity index (χ4n) is 4.15. The van der Waals surface area contributed by atoms with Gasteiger partial charge in [0, 0.05) is 43.8 Å². The first-order chi connectivity index (χ1) is 12.6. The van der Waals surface area contributed by atoms with E-state index in [9.17, 15) is 4.79 Å². The molecule has 2 heterocycles. The molecular formula is C22H29N3O. The van der Waals surface area contributed by atoms with Crippen LogP contribution in [0.5, 0.6) is 0 Å². The summed E-state index contributed by atoms with van der Waals surface area (Å²) >= 11 is 0. The Morgan fingerprint density at radius 1 is 1.15 bits per heavy atom. The minimum absolute atomic E-state index is 0.164. The molecule has 1 aliphatic heterocycles. The Balaban J connectivity index is 1.52. The van der Waals surface area contributed by atoms with Gasteiger partial charge in [0.1, 0.15) is 0 Å². The van der Waals surface area contributed by atoms with Crippen molar-refractivity contribution in [3.05, 3.63) is 41.1 Å². The fourth-order valence-corrected chi connectivity index (χ4v) is 4.15. The van der Waals surface area contributed by atoms with E-state index in [4.69, 9.17) is 0 Å². The normalized spacial score (nSPS) is 18.9. The lowest BCUT2D eigenvalue weighted by molar-refractivity contribution is 0.0592. The third kappa shape index (κ3) is 3.48. The predicted octanol–water partition coefficient (Wildman–Crippen LogP) is 3.66. The molecule has 0 atom stereocenters. The smallest absolute Gasteiger partial charge is 0.254 e. The van der Waals surface area contributed by atoms with Crippen molar-refractivity contribution in [1.29, 1.82) is 0 Å². The maximum atomic E-state index is 13.2. The van der Waals surface area contributed by atoms with Crippen molar-refractivity contribution in [1.82, 2.24) is 14.8 Å². The van der Waals surface area contributed by atoms with Gasteiger partial charge < -0.3 is 4.90 Å². The summed E-state index contributed by atoms with van der Waals surface area (Å²) in [4.78, 5) is 22.4. The number of pyridine rings is 1. The average Bonchev–Trinajstić information content (AvgIpc) is 2.63. The molecule has 0 bridgehead atoms. The largest absolute Gasteiger partial charge is 0.336 e. The zero-order valence-corrected chi connectivity index (χ0v) is 16.0. The van der Waals surface area contributed by atoms with Crippen LogP contribution in [0, 0.1) is 12.8 Å². The molecule has 1 saturated carbocycles. The number of nitrogens with zero attached hydrogens (tertiary/aromatic N) is 3. The van der Waals surface area contributed by atoms with Crippen LogP contribution in [-0.4, -0.2) is 53.4 Å². The van der Waals surface area contributed by atoms with Crippen LogP contribution in [-0.2, 0) is 6.42 Å². The number of piperazine rings is 1. The highest BCUT2D eigenvalue weighted by atomic mass is 16.2. The summed E-state index contributed by atoms with van der Waals surface area (Å²) in [6.07, 6.45) is 5.15. The second kappa shape index (κ2) is 7.36. The molecule has 2 aromatic rings. The first-order valence-corrected chi connectivity index (χ1v) is 10.1. The molecule has 4 rings (SSSR count). The van der Waals surface area contributed by atoms with Crippen molar-refractivity contribution >= 4 is 16.8 Å². The van der Waals surface area contributed by atoms with Crippen molar-refractivity contribution in [3.63, 3.8) is 0 Å². The van der Waals surface area contributed by atoms with E-state index in [1.54, 1.807) is 0 Å². The topological polar surface area (TPSA) is 36.4 Å². The van der Waals surface area contributed by atoms with E-state index in [0.717, 1.165) is 60.7 Å². The molecule has 1 aromatic heterocycles. The molecule has 0 unspecified atom stereocenters. The highest BCUT2D eigenvalue weighted by Gasteiger charge is 2.26. The second-order valence-corrected chi connectivity index (χ2v) is 7.91. The Morgan fingerprint density at radius 2 is 1.92 bits per heavy atom. The molecule has 1 saturated heterocycles. The van der Waals surface area contributed by atoms with Gasteiger partial charge in [-0.15, -0.1) is 0 Å². The SMILES string of the molecule is CCc1ccc2nc(C)cc(C(=O)N3CCN(CC4CCC4)CC3)c2c1. The Morgan fingerprint density at radius 3 is 2.58 bits per heavy atom. The van der Waals surface area contributed by atoms with Gasteiger partial charge in [0.2, 0.25) is 0 Å². The van der Waals surface area contributed by atoms with E-state index >= 15 is 0 Å². The molecular weight excluding hydrogens is 322 g/mol. The van der Waals surface area contributed by atoms with Crippen LogP contribution >= 0.6 is 0 Å². The number of hydrogen-bond acceptors (Lipinski definition) is 3. The molecule has 26 heavy (non-hydrogen) atoms. The standard InChI is InChI=1S/C22H29N3O/c1-3-17-7-8-21-19(14-17)20(13-16(2)23-21)22(26)25-11-9-24(10-12-25)15-18-5-4-6-18/h7-8,13-14,18H,3-6,9-12,15H2,1-2H3. The number of carbonyl (C=O) groups is 1. The minimum Gasteiger partial charge on any atom is -0.336 e. The summed E-state index contributed by atoms with van der Waals surface area (Å²) in [5, 5.41) is 0.997. The molecule has 1 amide bonds. The highest BCUT2D eigenvalue weighted by Crippen LogP contribution is 2.28. The number of hydrogen-bond donors (Lipinski definition) is 0. The van der Waals surface area contributed by atoms with Crippen molar-refractivity contribution in [3.8, 4) is 0 Å². The number of rotatable bonds is 4. The van der Waals surface area contributed by atoms with Gasteiger partial charge >= 0.3 is 0 Å². The first kappa shape index (κ1) is 17.5. The van der Waals surface area contributed by atoms with Crippen LogP contribution < -0.4 is 0 Å². The summed E-state index contributed by atoms with van der Waals surface area (Å²) in [6.45, 7) is 9.02. The Hall–Kier alpha value is -1.94. The van der Waals surface area contributed by atoms with Gasteiger partial charge in [-0.1, -0.05) is 19.4 Å². The van der Waals surface area contributed by atoms with Gasteiger partial charge in [0.05, 0.1) is 11.1 Å². The Kier molecular flexibility index (Phi) is 4.94. The van der Waals surface area contributed by atoms with Crippen LogP contribution in [0.4, 0.5) is 0 Å². The molecule has 138 valence electrons. The molecule has 2 fully saturated rings. The number of fused-ring (bicyclic) bond motifs is 1. The summed E-state index contributed by atoms with van der Waals surface area (Å²) in [6, 6.07) is 8.27. The first-order valence-electron chi connectivity index (χ1n) is 10.1. The van der Waals surface area contributed by atoms with Crippen molar-refractivity contribution in [2.75, 3.05) is 32.7 Å². The number of amides is 1. The van der Waals surface area contributed by atoms with Gasteiger partial charge in [0.25, 0.3) is 5.91 Å². The van der Waals surface area contributed by atoms with Crippen molar-refractivity contribution in [2.24, 2.45) is 5.92 Å². The van der Waals surface area contributed by atoms with E-state index in [-0.39, 0.29) is 5.91 Å². The fraction of sp³-hybridized carbons (Fsp3) is 0.545. The molecule has 4 nitrogen and oxygen atoms in total. The molecule has 0 radical (unpaired) electrons. The number of aryl methyl sites for hydroxylation is 2. The zero-order chi connectivity index (χ0) is 18.1. The van der Waals surface area contributed by atoms with E-state index in [0.29, 0.717) is 0 Å². The molecule has 4 heteroatoms. The van der Waals surface area contributed by atoms with E-state index < -0.39 is 0 Å². The van der Waals surface area contributed by atoms with E-state index in [2.05, 4.69) is 35.0 Å². The van der Waals surface area contributed by atoms with Crippen LogP contribution in [0.3, 0.4) is 0 Å². The second-order valence-electron chi connectivity index (χ2n) is 7.91. The molecule has 0 N–H and O–H groups in total. The summed E-state index contributed by atoms with van der Waals surface area (Å²) in [7, 11) is 0. The number of carbonyl (C=O) groups excluding carboxylic acids is 1. The third-order valence-corrected chi connectivity index (χ3v) is 6.04. The van der Waals surface area contributed by atoms with Crippen LogP contribution in [0.25, 0.3) is 10.9 Å². The molecule has 2 aliphatic rings. The predicted molar refractivity (Wildman–Crippen MR) is 106 cm³/mol. The van der Waals surface area contributed by atoms with Gasteiger partial charge in [0.15, 0.2) is 0 Å². The Bertz CT molecular complexity index is 804. The summed E-state index contributed by atoms with van der Waals surface area (Å²) in [5.41, 5.74) is 3.90. The van der Waals surface area contributed by atoms with Crippen molar-refractivity contribution < 1.29 is 4.79 Å². The highest BCUT2D eigenvalue weighted by molar-refractivity contribution is 6.06. The summed E-state index contributed by atoms with van der Waals surface area (Å²) < 4.78 is 0. The number of aromatic nitrogens is 1. The zero-order valence-electron chi connectivity index (χ0n) is 16.0. The average molecular weight is 351 g/mol. The van der Waals surface area contributed by atoms with Gasteiger partial charge in [-0.05, 0) is 55.9 Å². The van der Waals surface area contributed by atoms with Gasteiger partial charge in [-0.2, -0.15) is 0 Å². The minimum atomic E-state index is 0.164. The lowest BCUT2D eigenvalue weighted by atomic mass is 9.85. The van der Waals surface area contributed by atoms with Crippen LogP contribution in [0.2, 0.25) is 0 Å². The molecule has 1 aliphatic carbocycles. The quantitative estimate of drug-likeness (QED) is 0.843. The summed E-state index contributed by atoms with van der Waals surface area (Å²) in [5.74, 6) is 1.06.